The molecule has 0 saturated heterocycles. The summed E-state index contributed by atoms with van der Waals surface area (Å²) in [5.41, 5.74) is 8.83. The molecule has 0 aliphatic rings. The van der Waals surface area contributed by atoms with Gasteiger partial charge in [0.05, 0.1) is 5.69 Å². The number of aryl methyl sites for hydroxylation is 1. The smallest absolute Gasteiger partial charge is 0.160 e. The Hall–Kier alpha value is -4.56. The van der Waals surface area contributed by atoms with Crippen molar-refractivity contribution in [2.75, 3.05) is 0 Å². The maximum absolute atomic E-state index is 4.92. The molecule has 6 aromatic rings. The molecule has 166 valence electrons. The Kier molecular flexibility index (Phi) is 5.40. The van der Waals surface area contributed by atoms with Crippen molar-refractivity contribution in [1.82, 2.24) is 9.97 Å². The quantitative estimate of drug-likeness (QED) is 0.270. The van der Waals surface area contributed by atoms with Crippen molar-refractivity contribution in [3.8, 4) is 44.9 Å². The van der Waals surface area contributed by atoms with Gasteiger partial charge in [-0.05, 0) is 46.0 Å². The summed E-state index contributed by atoms with van der Waals surface area (Å²) < 4.78 is 0. The van der Waals surface area contributed by atoms with E-state index in [2.05, 4.69) is 121 Å². The number of fused-ring (bicyclic) bond motifs is 1. The molecule has 2 heteroatoms. The van der Waals surface area contributed by atoms with E-state index in [-0.39, 0.29) is 0 Å². The molecule has 0 saturated carbocycles. The SMILES string of the molecule is Cc1cc(-c2ccc(-c3cccc4ccccc34)cc2)nc(-c2ccc(-c3ccccc3)cc2)n1. The second-order valence-corrected chi connectivity index (χ2v) is 8.77. The maximum atomic E-state index is 4.92. The number of benzene rings is 5. The molecule has 0 radical (unpaired) electrons. The number of hydrogen-bond acceptors (Lipinski definition) is 2. The monoisotopic (exact) mass is 448 g/mol. The minimum absolute atomic E-state index is 0.748. The normalized spacial score (nSPS) is 11.0. The Balaban J connectivity index is 1.33. The zero-order valence-corrected chi connectivity index (χ0v) is 19.5. The van der Waals surface area contributed by atoms with E-state index < -0.39 is 0 Å². The number of rotatable bonds is 4. The van der Waals surface area contributed by atoms with Crippen molar-refractivity contribution >= 4 is 10.8 Å². The van der Waals surface area contributed by atoms with Crippen LogP contribution in [0.3, 0.4) is 0 Å². The van der Waals surface area contributed by atoms with Crippen molar-refractivity contribution in [3.63, 3.8) is 0 Å². The highest BCUT2D eigenvalue weighted by molar-refractivity contribution is 5.96. The first-order valence-electron chi connectivity index (χ1n) is 11.8. The Morgan fingerprint density at radius 3 is 1.86 bits per heavy atom. The molecule has 0 fully saturated rings. The summed E-state index contributed by atoms with van der Waals surface area (Å²) >= 11 is 0. The fourth-order valence-electron chi connectivity index (χ4n) is 4.59. The third-order valence-electron chi connectivity index (χ3n) is 6.39. The molecular weight excluding hydrogens is 424 g/mol. The van der Waals surface area contributed by atoms with Gasteiger partial charge in [0, 0.05) is 16.8 Å². The standard InChI is InChI=1S/C33H24N2/c1-23-22-32(35-33(34-23)29-20-14-25(15-21-29)24-8-3-2-4-9-24)28-18-16-27(17-19-28)31-13-7-11-26-10-5-6-12-30(26)31/h2-22H,1H3. The number of nitrogens with zero attached hydrogens (tertiary/aromatic N) is 2. The van der Waals surface area contributed by atoms with Crippen LogP contribution in [0.25, 0.3) is 55.7 Å². The van der Waals surface area contributed by atoms with Crippen LogP contribution >= 0.6 is 0 Å². The summed E-state index contributed by atoms with van der Waals surface area (Å²) in [6, 6.07) is 44.6. The number of hydrogen-bond donors (Lipinski definition) is 0. The number of aromatic nitrogens is 2. The summed E-state index contributed by atoms with van der Waals surface area (Å²) in [5, 5.41) is 2.52. The predicted molar refractivity (Wildman–Crippen MR) is 146 cm³/mol. The Morgan fingerprint density at radius 2 is 1.06 bits per heavy atom. The highest BCUT2D eigenvalue weighted by Gasteiger charge is 2.09. The van der Waals surface area contributed by atoms with Crippen LogP contribution in [0.1, 0.15) is 5.69 Å². The van der Waals surface area contributed by atoms with Crippen molar-refractivity contribution in [2.45, 2.75) is 6.92 Å². The summed E-state index contributed by atoms with van der Waals surface area (Å²) in [5.74, 6) is 0.748. The topological polar surface area (TPSA) is 25.8 Å². The van der Waals surface area contributed by atoms with Gasteiger partial charge in [-0.3, -0.25) is 0 Å². The first-order valence-corrected chi connectivity index (χ1v) is 11.8. The van der Waals surface area contributed by atoms with Crippen molar-refractivity contribution in [1.29, 1.82) is 0 Å². The average molecular weight is 449 g/mol. The highest BCUT2D eigenvalue weighted by Crippen LogP contribution is 2.31. The largest absolute Gasteiger partial charge is 0.233 e. The summed E-state index contributed by atoms with van der Waals surface area (Å²) in [7, 11) is 0. The van der Waals surface area contributed by atoms with Gasteiger partial charge in [-0.25, -0.2) is 9.97 Å². The van der Waals surface area contributed by atoms with Crippen LogP contribution in [0.4, 0.5) is 0 Å². The van der Waals surface area contributed by atoms with Gasteiger partial charge in [0.15, 0.2) is 5.82 Å². The lowest BCUT2D eigenvalue weighted by molar-refractivity contribution is 1.12. The molecule has 2 nitrogen and oxygen atoms in total. The van der Waals surface area contributed by atoms with E-state index in [0.717, 1.165) is 28.3 Å². The van der Waals surface area contributed by atoms with Gasteiger partial charge >= 0.3 is 0 Å². The molecule has 0 unspecified atom stereocenters. The molecule has 1 heterocycles. The lowest BCUT2D eigenvalue weighted by atomic mass is 9.97. The Morgan fingerprint density at radius 1 is 0.457 bits per heavy atom. The molecule has 0 amide bonds. The van der Waals surface area contributed by atoms with Gasteiger partial charge in [0.1, 0.15) is 0 Å². The van der Waals surface area contributed by atoms with Crippen molar-refractivity contribution in [2.24, 2.45) is 0 Å². The van der Waals surface area contributed by atoms with E-state index in [1.807, 2.05) is 13.0 Å². The molecule has 0 aliphatic heterocycles. The molecule has 0 N–H and O–H groups in total. The van der Waals surface area contributed by atoms with Crippen LogP contribution in [-0.2, 0) is 0 Å². The first kappa shape index (κ1) is 21.0. The molecular formula is C33H24N2. The predicted octanol–water partition coefficient (Wildman–Crippen LogP) is 8.61. The molecule has 0 bridgehead atoms. The van der Waals surface area contributed by atoms with E-state index in [0.29, 0.717) is 0 Å². The molecule has 5 aromatic carbocycles. The minimum atomic E-state index is 0.748. The second kappa shape index (κ2) is 9.00. The van der Waals surface area contributed by atoms with Gasteiger partial charge in [0.25, 0.3) is 0 Å². The van der Waals surface area contributed by atoms with Crippen LogP contribution in [0, 0.1) is 6.92 Å². The molecule has 0 aliphatic carbocycles. The summed E-state index contributed by atoms with van der Waals surface area (Å²) in [6.45, 7) is 2.03. The van der Waals surface area contributed by atoms with Crippen molar-refractivity contribution < 1.29 is 0 Å². The Bertz CT molecular complexity index is 1610. The van der Waals surface area contributed by atoms with Crippen LogP contribution in [0.15, 0.2) is 127 Å². The van der Waals surface area contributed by atoms with Gasteiger partial charge in [-0.15, -0.1) is 0 Å². The third-order valence-corrected chi connectivity index (χ3v) is 6.39. The zero-order chi connectivity index (χ0) is 23.6. The molecule has 0 atom stereocenters. The van der Waals surface area contributed by atoms with Crippen molar-refractivity contribution in [3.05, 3.63) is 133 Å². The molecule has 1 aromatic heterocycles. The first-order chi connectivity index (χ1) is 17.2. The fraction of sp³-hybridized carbons (Fsp3) is 0.0303. The van der Waals surface area contributed by atoms with Gasteiger partial charge < -0.3 is 0 Å². The van der Waals surface area contributed by atoms with Crippen LogP contribution in [0.2, 0.25) is 0 Å². The highest BCUT2D eigenvalue weighted by atomic mass is 14.9. The van der Waals surface area contributed by atoms with E-state index in [1.165, 1.54) is 33.0 Å². The second-order valence-electron chi connectivity index (χ2n) is 8.77. The minimum Gasteiger partial charge on any atom is -0.233 e. The van der Waals surface area contributed by atoms with Crippen LogP contribution in [-0.4, -0.2) is 9.97 Å². The van der Waals surface area contributed by atoms with Gasteiger partial charge in [-0.1, -0.05) is 121 Å². The van der Waals surface area contributed by atoms with E-state index in [4.69, 9.17) is 9.97 Å². The third kappa shape index (κ3) is 4.22. The summed E-state index contributed by atoms with van der Waals surface area (Å²) in [6.07, 6.45) is 0. The summed E-state index contributed by atoms with van der Waals surface area (Å²) in [4.78, 5) is 9.64. The molecule has 0 spiro atoms. The van der Waals surface area contributed by atoms with Gasteiger partial charge in [0.2, 0.25) is 0 Å². The van der Waals surface area contributed by atoms with E-state index in [9.17, 15) is 0 Å². The molecule has 35 heavy (non-hydrogen) atoms. The fourth-order valence-corrected chi connectivity index (χ4v) is 4.59. The molecule has 6 rings (SSSR count). The maximum Gasteiger partial charge on any atom is 0.160 e. The lowest BCUT2D eigenvalue weighted by Crippen LogP contribution is -1.95. The van der Waals surface area contributed by atoms with E-state index >= 15 is 0 Å². The Labute approximate surface area is 205 Å². The van der Waals surface area contributed by atoms with Crippen LogP contribution < -0.4 is 0 Å². The van der Waals surface area contributed by atoms with Crippen LogP contribution in [0.5, 0.6) is 0 Å². The average Bonchev–Trinajstić information content (AvgIpc) is 2.93. The zero-order valence-electron chi connectivity index (χ0n) is 19.5. The van der Waals surface area contributed by atoms with Gasteiger partial charge in [-0.2, -0.15) is 0 Å². The van der Waals surface area contributed by atoms with E-state index in [1.54, 1.807) is 0 Å². The lowest BCUT2D eigenvalue weighted by Gasteiger charge is -2.10.